The molecule has 1 heterocycles. The van der Waals surface area contributed by atoms with E-state index in [4.69, 9.17) is 4.74 Å². The zero-order valence-electron chi connectivity index (χ0n) is 15.9. The molecule has 24 heavy (non-hydrogen) atoms. The van der Waals surface area contributed by atoms with Gasteiger partial charge in [-0.2, -0.15) is 0 Å². The summed E-state index contributed by atoms with van der Waals surface area (Å²) in [5.41, 5.74) is -1.44. The van der Waals surface area contributed by atoms with Gasteiger partial charge in [-0.25, -0.2) is 4.79 Å². The van der Waals surface area contributed by atoms with E-state index in [0.717, 1.165) is 12.8 Å². The molecule has 1 aliphatic heterocycles. The standard InChI is InChI=1S/C18H32N2O4/c1-7-18(8-2,16(23)24-6)19-14(21)13-10-9-11-20(12-13)15(22)17(3,4)5/h13H,7-12H2,1-6H3,(H,19,21). The highest BCUT2D eigenvalue weighted by Crippen LogP contribution is 2.25. The lowest BCUT2D eigenvalue weighted by Crippen LogP contribution is -2.57. The maximum atomic E-state index is 12.7. The van der Waals surface area contributed by atoms with E-state index in [1.165, 1.54) is 7.11 Å². The van der Waals surface area contributed by atoms with Crippen LogP contribution in [0.5, 0.6) is 0 Å². The monoisotopic (exact) mass is 340 g/mol. The Kier molecular flexibility index (Phi) is 6.81. The van der Waals surface area contributed by atoms with Gasteiger partial charge in [-0.15, -0.1) is 0 Å². The Balaban J connectivity index is 2.83. The number of nitrogens with zero attached hydrogens (tertiary/aromatic N) is 1. The van der Waals surface area contributed by atoms with Crippen molar-refractivity contribution in [3.8, 4) is 0 Å². The third-order valence-corrected chi connectivity index (χ3v) is 4.87. The summed E-state index contributed by atoms with van der Waals surface area (Å²) in [5, 5.41) is 2.90. The van der Waals surface area contributed by atoms with Crippen molar-refractivity contribution in [3.63, 3.8) is 0 Å². The van der Waals surface area contributed by atoms with Gasteiger partial charge in [0.15, 0.2) is 0 Å². The van der Waals surface area contributed by atoms with Crippen molar-refractivity contribution in [3.05, 3.63) is 0 Å². The van der Waals surface area contributed by atoms with Crippen LogP contribution in [0.2, 0.25) is 0 Å². The van der Waals surface area contributed by atoms with Gasteiger partial charge in [0.1, 0.15) is 5.54 Å². The highest BCUT2D eigenvalue weighted by Gasteiger charge is 2.40. The third-order valence-electron chi connectivity index (χ3n) is 4.87. The average molecular weight is 340 g/mol. The minimum atomic E-state index is -0.984. The van der Waals surface area contributed by atoms with Crippen LogP contribution in [0.4, 0.5) is 0 Å². The van der Waals surface area contributed by atoms with E-state index in [1.54, 1.807) is 4.90 Å². The number of hydrogen-bond donors (Lipinski definition) is 1. The van der Waals surface area contributed by atoms with Gasteiger partial charge >= 0.3 is 5.97 Å². The lowest BCUT2D eigenvalue weighted by Gasteiger charge is -2.37. The van der Waals surface area contributed by atoms with E-state index in [9.17, 15) is 14.4 Å². The van der Waals surface area contributed by atoms with Gasteiger partial charge in [-0.05, 0) is 25.7 Å². The molecule has 0 bridgehead atoms. The van der Waals surface area contributed by atoms with Crippen molar-refractivity contribution in [2.75, 3.05) is 20.2 Å². The molecule has 0 aromatic rings. The number of esters is 1. The Morgan fingerprint density at radius 1 is 1.17 bits per heavy atom. The maximum Gasteiger partial charge on any atom is 0.331 e. The molecule has 138 valence electrons. The zero-order valence-corrected chi connectivity index (χ0v) is 15.9. The van der Waals surface area contributed by atoms with Crippen molar-refractivity contribution in [2.24, 2.45) is 11.3 Å². The number of rotatable bonds is 5. The van der Waals surface area contributed by atoms with Crippen LogP contribution in [0.1, 0.15) is 60.3 Å². The molecular weight excluding hydrogens is 308 g/mol. The maximum absolute atomic E-state index is 12.7. The highest BCUT2D eigenvalue weighted by molar-refractivity contribution is 5.89. The number of hydrogen-bond acceptors (Lipinski definition) is 4. The molecule has 0 aromatic heterocycles. The minimum Gasteiger partial charge on any atom is -0.467 e. The van der Waals surface area contributed by atoms with Crippen molar-refractivity contribution in [1.29, 1.82) is 0 Å². The second-order valence-corrected chi connectivity index (χ2v) is 7.61. The quantitative estimate of drug-likeness (QED) is 0.778. The molecule has 0 aromatic carbocycles. The first-order valence-corrected chi connectivity index (χ1v) is 8.81. The van der Waals surface area contributed by atoms with E-state index in [1.807, 2.05) is 34.6 Å². The van der Waals surface area contributed by atoms with E-state index in [-0.39, 0.29) is 17.7 Å². The number of methoxy groups -OCH3 is 1. The van der Waals surface area contributed by atoms with Crippen LogP contribution in [0.3, 0.4) is 0 Å². The Hall–Kier alpha value is -1.59. The fraction of sp³-hybridized carbons (Fsp3) is 0.833. The number of likely N-dealkylation sites (tertiary alicyclic amines) is 1. The molecule has 2 amide bonds. The molecular formula is C18H32N2O4. The number of ether oxygens (including phenoxy) is 1. The van der Waals surface area contributed by atoms with E-state index >= 15 is 0 Å². The SMILES string of the molecule is CCC(CC)(NC(=O)C1CCCN(C(=O)C(C)(C)C)C1)C(=O)OC. The molecule has 1 atom stereocenters. The Morgan fingerprint density at radius 3 is 2.21 bits per heavy atom. The summed E-state index contributed by atoms with van der Waals surface area (Å²) in [7, 11) is 1.33. The Morgan fingerprint density at radius 2 is 1.75 bits per heavy atom. The van der Waals surface area contributed by atoms with Gasteiger partial charge in [0.25, 0.3) is 0 Å². The topological polar surface area (TPSA) is 75.7 Å². The minimum absolute atomic E-state index is 0.0604. The molecule has 6 nitrogen and oxygen atoms in total. The zero-order chi connectivity index (χ0) is 18.5. The molecule has 6 heteroatoms. The predicted octanol–water partition coefficient (Wildman–Crippen LogP) is 2.12. The van der Waals surface area contributed by atoms with Crippen LogP contribution in [-0.2, 0) is 19.1 Å². The number of nitrogens with one attached hydrogen (secondary N) is 1. The fourth-order valence-corrected chi connectivity index (χ4v) is 3.15. The van der Waals surface area contributed by atoms with E-state index in [2.05, 4.69) is 5.32 Å². The molecule has 0 radical (unpaired) electrons. The molecule has 1 rings (SSSR count). The molecule has 1 unspecified atom stereocenters. The van der Waals surface area contributed by atoms with Crippen LogP contribution >= 0.6 is 0 Å². The summed E-state index contributed by atoms with van der Waals surface area (Å²) in [4.78, 5) is 39.1. The van der Waals surface area contributed by atoms with Crippen molar-refractivity contribution in [1.82, 2.24) is 10.2 Å². The van der Waals surface area contributed by atoms with Gasteiger partial charge in [0.05, 0.1) is 13.0 Å². The van der Waals surface area contributed by atoms with Gasteiger partial charge in [0.2, 0.25) is 11.8 Å². The molecule has 1 N–H and O–H groups in total. The number of piperidine rings is 1. The average Bonchev–Trinajstić information content (AvgIpc) is 2.57. The van der Waals surface area contributed by atoms with E-state index < -0.39 is 16.9 Å². The van der Waals surface area contributed by atoms with Crippen molar-refractivity contribution < 1.29 is 19.1 Å². The first-order chi connectivity index (χ1) is 11.1. The van der Waals surface area contributed by atoms with Crippen LogP contribution < -0.4 is 5.32 Å². The van der Waals surface area contributed by atoms with Crippen LogP contribution in [0.25, 0.3) is 0 Å². The predicted molar refractivity (Wildman–Crippen MR) is 92.2 cm³/mol. The first-order valence-electron chi connectivity index (χ1n) is 8.81. The van der Waals surface area contributed by atoms with Crippen molar-refractivity contribution >= 4 is 17.8 Å². The third kappa shape index (κ3) is 4.48. The molecule has 0 saturated carbocycles. The normalized spacial score (nSPS) is 18.9. The number of amides is 2. The summed E-state index contributed by atoms with van der Waals surface area (Å²) >= 11 is 0. The highest BCUT2D eigenvalue weighted by atomic mass is 16.5. The summed E-state index contributed by atoms with van der Waals surface area (Å²) < 4.78 is 4.87. The van der Waals surface area contributed by atoms with Crippen LogP contribution in [-0.4, -0.2) is 48.4 Å². The molecule has 0 aliphatic carbocycles. The Bertz CT molecular complexity index is 478. The Labute approximate surface area is 145 Å². The van der Waals surface area contributed by atoms with Gasteiger partial charge in [-0.3, -0.25) is 9.59 Å². The lowest BCUT2D eigenvalue weighted by atomic mass is 9.88. The van der Waals surface area contributed by atoms with Gasteiger partial charge in [-0.1, -0.05) is 34.6 Å². The van der Waals surface area contributed by atoms with E-state index in [0.29, 0.717) is 25.9 Å². The first kappa shape index (κ1) is 20.5. The number of carbonyl (C=O) groups is 3. The van der Waals surface area contributed by atoms with Crippen LogP contribution in [0.15, 0.2) is 0 Å². The second kappa shape index (κ2) is 7.99. The lowest BCUT2D eigenvalue weighted by molar-refractivity contribution is -0.153. The van der Waals surface area contributed by atoms with Crippen molar-refractivity contribution in [2.45, 2.75) is 65.8 Å². The van der Waals surface area contributed by atoms with Crippen LogP contribution in [0, 0.1) is 11.3 Å². The van der Waals surface area contributed by atoms with Gasteiger partial charge < -0.3 is 15.0 Å². The molecule has 1 saturated heterocycles. The summed E-state index contributed by atoms with van der Waals surface area (Å²) in [6, 6.07) is 0. The number of carbonyl (C=O) groups excluding carboxylic acids is 3. The molecule has 1 fully saturated rings. The summed E-state index contributed by atoms with van der Waals surface area (Å²) in [5.74, 6) is -0.813. The molecule has 0 spiro atoms. The largest absolute Gasteiger partial charge is 0.467 e. The summed E-state index contributed by atoms with van der Waals surface area (Å²) in [6.07, 6.45) is 2.46. The molecule has 1 aliphatic rings. The fourth-order valence-electron chi connectivity index (χ4n) is 3.15. The summed E-state index contributed by atoms with van der Waals surface area (Å²) in [6.45, 7) is 10.5. The van der Waals surface area contributed by atoms with Gasteiger partial charge in [0, 0.05) is 18.5 Å². The smallest absolute Gasteiger partial charge is 0.331 e. The second-order valence-electron chi connectivity index (χ2n) is 7.61.